The van der Waals surface area contributed by atoms with Crippen LogP contribution in [0.4, 0.5) is 5.95 Å². The summed E-state index contributed by atoms with van der Waals surface area (Å²) < 4.78 is 0. The lowest BCUT2D eigenvalue weighted by Crippen LogP contribution is -2.41. The highest BCUT2D eigenvalue weighted by atomic mass is 35.5. The Balaban J connectivity index is 1.76. The summed E-state index contributed by atoms with van der Waals surface area (Å²) in [6.07, 6.45) is 3.25. The molecule has 1 atom stereocenters. The van der Waals surface area contributed by atoms with Gasteiger partial charge in [-0.1, -0.05) is 60.6 Å². The van der Waals surface area contributed by atoms with Crippen molar-refractivity contribution in [3.63, 3.8) is 0 Å². The van der Waals surface area contributed by atoms with Gasteiger partial charge in [0, 0.05) is 54.1 Å². The average Bonchev–Trinajstić information content (AvgIpc) is 2.98. The topological polar surface area (TPSA) is 90.4 Å². The number of nitrogens with one attached hydrogen (secondary N) is 2. The lowest BCUT2D eigenvalue weighted by atomic mass is 9.85. The number of anilines is 1. The maximum atomic E-state index is 12.1. The Bertz CT molecular complexity index is 1360. The zero-order valence-corrected chi connectivity index (χ0v) is 23.1. The molecular weight excluding hydrogens is 510 g/mol. The van der Waals surface area contributed by atoms with Crippen LogP contribution >= 0.6 is 11.6 Å². The molecule has 0 aliphatic carbocycles. The van der Waals surface area contributed by atoms with Crippen LogP contribution < -0.4 is 10.6 Å². The van der Waals surface area contributed by atoms with Gasteiger partial charge in [-0.25, -0.2) is 9.97 Å². The predicted molar refractivity (Wildman–Crippen MR) is 157 cm³/mol. The molecule has 0 unspecified atom stereocenters. The van der Waals surface area contributed by atoms with Crippen molar-refractivity contribution >= 4 is 34.6 Å². The van der Waals surface area contributed by atoms with E-state index in [1.54, 1.807) is 11.1 Å². The van der Waals surface area contributed by atoms with Crippen molar-refractivity contribution in [1.82, 2.24) is 20.2 Å². The molecular formula is C31H34ClN5O2. The van der Waals surface area contributed by atoms with Crippen LogP contribution in [0.2, 0.25) is 5.02 Å². The molecule has 1 amide bonds. The number of hydrogen-bond donors (Lipinski definition) is 3. The molecule has 1 aromatic heterocycles. The fourth-order valence-electron chi connectivity index (χ4n) is 4.99. The van der Waals surface area contributed by atoms with Gasteiger partial charge in [0.15, 0.2) is 0 Å². The molecule has 2 aromatic carbocycles. The van der Waals surface area contributed by atoms with Crippen LogP contribution in [0.25, 0.3) is 11.1 Å². The highest BCUT2D eigenvalue weighted by molar-refractivity contribution is 6.30. The van der Waals surface area contributed by atoms with Crippen molar-refractivity contribution in [1.29, 1.82) is 0 Å². The number of aromatic nitrogens is 2. The molecule has 0 bridgehead atoms. The largest absolute Gasteiger partial charge is 0.391 e. The first-order valence-electron chi connectivity index (χ1n) is 13.1. The number of halogens is 1. The molecule has 1 aliphatic heterocycles. The minimum absolute atomic E-state index is 0.0109. The van der Waals surface area contributed by atoms with Crippen molar-refractivity contribution in [2.75, 3.05) is 32.1 Å². The molecule has 1 aliphatic rings. The van der Waals surface area contributed by atoms with Crippen LogP contribution in [0.1, 0.15) is 42.6 Å². The zero-order valence-electron chi connectivity index (χ0n) is 22.3. The minimum atomic E-state index is -0.470. The molecule has 0 saturated carbocycles. The number of benzene rings is 2. The second-order valence-electron chi connectivity index (χ2n) is 9.45. The van der Waals surface area contributed by atoms with Gasteiger partial charge in [0.1, 0.15) is 6.61 Å². The number of carbonyl (C=O) groups excluding carboxylic acids is 1. The molecule has 0 radical (unpaired) electrons. The van der Waals surface area contributed by atoms with Crippen LogP contribution in [-0.4, -0.2) is 52.6 Å². The van der Waals surface area contributed by atoms with Gasteiger partial charge in [-0.2, -0.15) is 0 Å². The number of aliphatic hydroxyl groups excluding tert-OH is 1. The maximum Gasteiger partial charge on any atom is 0.248 e. The fourth-order valence-corrected chi connectivity index (χ4v) is 5.12. The SMILES string of the molecule is C=C=C(/C(=C(\NC)C1CCN(C(=O)CO)CC1)c1ccnc(N[C@H](C)c2ccccc2)n1)c1ccc(Cl)cc1. The molecule has 4 rings (SSSR count). The number of hydrogen-bond acceptors (Lipinski definition) is 6. The second-order valence-corrected chi connectivity index (χ2v) is 9.89. The lowest BCUT2D eigenvalue weighted by Gasteiger charge is -2.34. The summed E-state index contributed by atoms with van der Waals surface area (Å²) in [5.41, 5.74) is 8.60. The maximum absolute atomic E-state index is 12.1. The molecule has 3 aromatic rings. The molecule has 3 N–H and O–H groups in total. The second kappa shape index (κ2) is 13.3. The van der Waals surface area contributed by atoms with E-state index in [1.165, 1.54) is 0 Å². The smallest absolute Gasteiger partial charge is 0.248 e. The van der Waals surface area contributed by atoms with Crippen LogP contribution in [-0.2, 0) is 4.79 Å². The highest BCUT2D eigenvalue weighted by Gasteiger charge is 2.28. The van der Waals surface area contributed by atoms with Crippen molar-refractivity contribution < 1.29 is 9.90 Å². The summed E-state index contributed by atoms with van der Waals surface area (Å²) in [7, 11) is 1.90. The average molecular weight is 544 g/mol. The third-order valence-corrected chi connectivity index (χ3v) is 7.30. The Morgan fingerprint density at radius 1 is 1.15 bits per heavy atom. The fraction of sp³-hybridized carbons (Fsp3) is 0.290. The third kappa shape index (κ3) is 6.76. The summed E-state index contributed by atoms with van der Waals surface area (Å²) in [5.74, 6) is 0.410. The molecule has 7 nitrogen and oxygen atoms in total. The first-order valence-corrected chi connectivity index (χ1v) is 13.4. The van der Waals surface area contributed by atoms with Crippen LogP contribution in [0, 0.1) is 5.92 Å². The van der Waals surface area contributed by atoms with E-state index in [4.69, 9.17) is 16.6 Å². The van der Waals surface area contributed by atoms with Crippen molar-refractivity contribution in [2.24, 2.45) is 5.92 Å². The van der Waals surface area contributed by atoms with Gasteiger partial charge in [-0.05, 0) is 49.1 Å². The van der Waals surface area contributed by atoms with Gasteiger partial charge in [-0.15, -0.1) is 5.73 Å². The monoisotopic (exact) mass is 543 g/mol. The van der Waals surface area contributed by atoms with Crippen LogP contribution in [0.5, 0.6) is 0 Å². The standard InChI is InChI=1S/C31H34ClN5O2/c1-4-26(23-10-12-25(32)13-11-23)29(30(33-3)24-15-18-37(19-16-24)28(39)20-38)27-14-17-34-31(36-27)35-21(2)22-8-6-5-7-9-22/h5-14,17,21,24,33,38H,1,15-16,18-20H2,2-3H3,(H,34,35,36)/b30-29+/t21-/m1/s1. The van der Waals surface area contributed by atoms with Gasteiger partial charge in [-0.3, -0.25) is 4.79 Å². The number of amides is 1. The van der Waals surface area contributed by atoms with E-state index in [2.05, 4.69) is 47.0 Å². The first-order chi connectivity index (χ1) is 18.9. The summed E-state index contributed by atoms with van der Waals surface area (Å²) in [6.45, 7) is 6.78. The summed E-state index contributed by atoms with van der Waals surface area (Å²) in [4.78, 5) is 23.2. The minimum Gasteiger partial charge on any atom is -0.391 e. The summed E-state index contributed by atoms with van der Waals surface area (Å²) in [6, 6.07) is 19.6. The predicted octanol–water partition coefficient (Wildman–Crippen LogP) is 5.33. The molecule has 39 heavy (non-hydrogen) atoms. The third-order valence-electron chi connectivity index (χ3n) is 7.05. The number of carbonyl (C=O) groups is 1. The number of rotatable bonds is 9. The summed E-state index contributed by atoms with van der Waals surface area (Å²) >= 11 is 6.19. The van der Waals surface area contributed by atoms with Gasteiger partial charge >= 0.3 is 0 Å². The Hall–Kier alpha value is -3.90. The number of aliphatic hydroxyl groups is 1. The zero-order chi connectivity index (χ0) is 27.8. The number of nitrogens with zero attached hydrogens (tertiary/aromatic N) is 3. The van der Waals surface area contributed by atoms with Gasteiger partial charge in [0.25, 0.3) is 0 Å². The van der Waals surface area contributed by atoms with Crippen LogP contribution in [0.15, 0.2) is 84.9 Å². The van der Waals surface area contributed by atoms with Gasteiger partial charge < -0.3 is 20.6 Å². The van der Waals surface area contributed by atoms with E-state index in [0.29, 0.717) is 24.1 Å². The Morgan fingerprint density at radius 2 is 1.85 bits per heavy atom. The van der Waals surface area contributed by atoms with E-state index in [0.717, 1.165) is 46.5 Å². The Kier molecular flexibility index (Phi) is 9.55. The van der Waals surface area contributed by atoms with Crippen molar-refractivity contribution in [3.8, 4) is 0 Å². The molecule has 2 heterocycles. The van der Waals surface area contributed by atoms with E-state index in [1.807, 2.05) is 55.6 Å². The van der Waals surface area contributed by atoms with E-state index in [-0.39, 0.29) is 17.9 Å². The van der Waals surface area contributed by atoms with Gasteiger partial charge in [0.2, 0.25) is 11.9 Å². The Labute approximate surface area is 235 Å². The first kappa shape index (κ1) is 28.1. The summed E-state index contributed by atoms with van der Waals surface area (Å²) in [5, 5.41) is 16.8. The van der Waals surface area contributed by atoms with E-state index >= 15 is 0 Å². The Morgan fingerprint density at radius 3 is 2.46 bits per heavy atom. The number of allylic oxidation sites excluding steroid dienone is 3. The number of piperidine rings is 1. The molecule has 8 heteroatoms. The normalized spacial score (nSPS) is 15.1. The molecule has 202 valence electrons. The van der Waals surface area contributed by atoms with Crippen molar-refractivity contribution in [3.05, 3.63) is 107 Å². The van der Waals surface area contributed by atoms with Gasteiger partial charge in [0.05, 0.1) is 11.7 Å². The molecule has 0 spiro atoms. The quantitative estimate of drug-likeness (QED) is 0.249. The van der Waals surface area contributed by atoms with E-state index < -0.39 is 6.61 Å². The van der Waals surface area contributed by atoms with Crippen LogP contribution in [0.3, 0.4) is 0 Å². The number of likely N-dealkylation sites (tertiary alicyclic amines) is 1. The molecule has 1 fully saturated rings. The highest BCUT2D eigenvalue weighted by Crippen LogP contribution is 2.37. The molecule has 1 saturated heterocycles. The van der Waals surface area contributed by atoms with E-state index in [9.17, 15) is 9.90 Å². The van der Waals surface area contributed by atoms with Crippen molar-refractivity contribution in [2.45, 2.75) is 25.8 Å². The lowest BCUT2D eigenvalue weighted by molar-refractivity contribution is -0.135.